The predicted molar refractivity (Wildman–Crippen MR) is 81.5 cm³/mol. The Morgan fingerprint density at radius 3 is 3.00 bits per heavy atom. The number of fused-ring (bicyclic) bond motifs is 1. The SMILES string of the molecule is O=C(NCC1(Cn2ccnc2)CC1)[C@H]1Cc2ccccc2O1. The van der Waals surface area contributed by atoms with E-state index in [0.717, 1.165) is 30.7 Å². The van der Waals surface area contributed by atoms with Crippen LogP contribution in [0.3, 0.4) is 0 Å². The molecular formula is C17H19N3O2. The van der Waals surface area contributed by atoms with Crippen LogP contribution in [0, 0.1) is 5.41 Å². The standard InChI is InChI=1S/C17H19N3O2/c21-16(15-9-13-3-1-2-4-14(13)22-15)19-10-17(5-6-17)11-20-8-7-18-12-20/h1-4,7-8,12,15H,5-6,9-11H2,(H,19,21)/t15-/m1/s1. The quantitative estimate of drug-likeness (QED) is 0.915. The second kappa shape index (κ2) is 5.16. The molecule has 1 fully saturated rings. The molecule has 1 amide bonds. The summed E-state index contributed by atoms with van der Waals surface area (Å²) >= 11 is 0. The van der Waals surface area contributed by atoms with Crippen molar-refractivity contribution in [1.82, 2.24) is 14.9 Å². The molecule has 0 unspecified atom stereocenters. The molecule has 0 bridgehead atoms. The first kappa shape index (κ1) is 13.4. The van der Waals surface area contributed by atoms with Gasteiger partial charge in [-0.3, -0.25) is 4.79 Å². The lowest BCUT2D eigenvalue weighted by Crippen LogP contribution is -2.41. The molecule has 4 rings (SSSR count). The summed E-state index contributed by atoms with van der Waals surface area (Å²) in [4.78, 5) is 16.4. The molecule has 1 saturated carbocycles. The number of hydrogen-bond acceptors (Lipinski definition) is 3. The number of nitrogens with zero attached hydrogens (tertiary/aromatic N) is 2. The van der Waals surface area contributed by atoms with E-state index in [-0.39, 0.29) is 17.4 Å². The Morgan fingerprint density at radius 2 is 2.27 bits per heavy atom. The average molecular weight is 297 g/mol. The fraction of sp³-hybridized carbons (Fsp3) is 0.412. The van der Waals surface area contributed by atoms with Crippen LogP contribution in [0.5, 0.6) is 5.75 Å². The van der Waals surface area contributed by atoms with Gasteiger partial charge in [-0.05, 0) is 24.5 Å². The second-order valence-corrected chi connectivity index (χ2v) is 6.37. The third-order valence-electron chi connectivity index (χ3n) is 4.61. The molecule has 0 radical (unpaired) electrons. The highest BCUT2D eigenvalue weighted by atomic mass is 16.5. The molecule has 0 saturated heterocycles. The minimum Gasteiger partial charge on any atom is -0.480 e. The van der Waals surface area contributed by atoms with Crippen molar-refractivity contribution >= 4 is 5.91 Å². The summed E-state index contributed by atoms with van der Waals surface area (Å²) in [6, 6.07) is 7.85. The molecule has 1 atom stereocenters. The van der Waals surface area contributed by atoms with Gasteiger partial charge in [-0.25, -0.2) is 4.98 Å². The molecule has 1 N–H and O–H groups in total. The van der Waals surface area contributed by atoms with Gasteiger partial charge in [-0.2, -0.15) is 0 Å². The number of hydrogen-bond donors (Lipinski definition) is 1. The monoisotopic (exact) mass is 297 g/mol. The summed E-state index contributed by atoms with van der Waals surface area (Å²) in [5.74, 6) is 0.829. The Labute approximate surface area is 129 Å². The van der Waals surface area contributed by atoms with Gasteiger partial charge in [-0.1, -0.05) is 18.2 Å². The van der Waals surface area contributed by atoms with Crippen LogP contribution in [-0.4, -0.2) is 28.1 Å². The van der Waals surface area contributed by atoms with Gasteiger partial charge in [0.1, 0.15) is 5.75 Å². The zero-order valence-electron chi connectivity index (χ0n) is 12.4. The van der Waals surface area contributed by atoms with Crippen LogP contribution >= 0.6 is 0 Å². The number of imidazole rings is 1. The van der Waals surface area contributed by atoms with Gasteiger partial charge in [0, 0.05) is 37.3 Å². The zero-order valence-corrected chi connectivity index (χ0v) is 12.4. The van der Waals surface area contributed by atoms with E-state index in [2.05, 4.69) is 14.9 Å². The third-order valence-corrected chi connectivity index (χ3v) is 4.61. The maximum atomic E-state index is 12.3. The van der Waals surface area contributed by atoms with Crippen LogP contribution in [0.15, 0.2) is 43.0 Å². The largest absolute Gasteiger partial charge is 0.480 e. The van der Waals surface area contributed by atoms with Crippen LogP contribution < -0.4 is 10.1 Å². The molecule has 1 aliphatic heterocycles. The van der Waals surface area contributed by atoms with Crippen molar-refractivity contribution in [2.24, 2.45) is 5.41 Å². The van der Waals surface area contributed by atoms with Crippen LogP contribution in [0.4, 0.5) is 0 Å². The molecule has 5 heteroatoms. The number of benzene rings is 1. The number of carbonyl (C=O) groups is 1. The molecule has 114 valence electrons. The molecular weight excluding hydrogens is 278 g/mol. The van der Waals surface area contributed by atoms with Crippen LogP contribution in [-0.2, 0) is 17.8 Å². The Hall–Kier alpha value is -2.30. The molecule has 2 aromatic rings. The first-order valence-electron chi connectivity index (χ1n) is 7.72. The van der Waals surface area contributed by atoms with Gasteiger partial charge in [-0.15, -0.1) is 0 Å². The molecule has 2 heterocycles. The van der Waals surface area contributed by atoms with E-state index in [1.807, 2.05) is 36.8 Å². The van der Waals surface area contributed by atoms with Crippen molar-refractivity contribution in [2.75, 3.05) is 6.54 Å². The highest BCUT2D eigenvalue weighted by Crippen LogP contribution is 2.46. The highest BCUT2D eigenvalue weighted by molar-refractivity contribution is 5.82. The minimum atomic E-state index is -0.388. The fourth-order valence-electron chi connectivity index (χ4n) is 3.05. The van der Waals surface area contributed by atoms with Crippen molar-refractivity contribution in [3.63, 3.8) is 0 Å². The molecule has 2 aliphatic rings. The zero-order chi connectivity index (χ0) is 15.0. The van der Waals surface area contributed by atoms with Gasteiger partial charge in [0.05, 0.1) is 6.33 Å². The summed E-state index contributed by atoms with van der Waals surface area (Å²) in [5, 5.41) is 3.08. The highest BCUT2D eigenvalue weighted by Gasteiger charge is 2.43. The van der Waals surface area contributed by atoms with Gasteiger partial charge in [0.2, 0.25) is 0 Å². The summed E-state index contributed by atoms with van der Waals surface area (Å²) < 4.78 is 7.82. The summed E-state index contributed by atoms with van der Waals surface area (Å²) in [5.41, 5.74) is 1.31. The number of amides is 1. The van der Waals surface area contributed by atoms with Crippen molar-refractivity contribution < 1.29 is 9.53 Å². The molecule has 1 aliphatic carbocycles. The van der Waals surface area contributed by atoms with E-state index in [0.29, 0.717) is 13.0 Å². The molecule has 1 aromatic carbocycles. The van der Waals surface area contributed by atoms with E-state index in [4.69, 9.17) is 4.74 Å². The molecule has 1 aromatic heterocycles. The topological polar surface area (TPSA) is 56.2 Å². The Kier molecular flexibility index (Phi) is 3.13. The smallest absolute Gasteiger partial charge is 0.261 e. The van der Waals surface area contributed by atoms with Gasteiger partial charge in [0.15, 0.2) is 6.10 Å². The van der Waals surface area contributed by atoms with Gasteiger partial charge < -0.3 is 14.6 Å². The normalized spacial score (nSPS) is 21.0. The summed E-state index contributed by atoms with van der Waals surface area (Å²) in [7, 11) is 0. The predicted octanol–water partition coefficient (Wildman–Crippen LogP) is 1.78. The van der Waals surface area contributed by atoms with E-state index in [1.165, 1.54) is 0 Å². The first-order valence-corrected chi connectivity index (χ1v) is 7.72. The number of nitrogens with one attached hydrogen (secondary N) is 1. The van der Waals surface area contributed by atoms with E-state index in [9.17, 15) is 4.79 Å². The van der Waals surface area contributed by atoms with Crippen LogP contribution in [0.2, 0.25) is 0 Å². The van der Waals surface area contributed by atoms with Crippen LogP contribution in [0.1, 0.15) is 18.4 Å². The summed E-state index contributed by atoms with van der Waals surface area (Å²) in [6.07, 6.45) is 8.17. The number of ether oxygens (including phenoxy) is 1. The third kappa shape index (κ3) is 2.58. The average Bonchev–Trinajstić information content (AvgIpc) is 2.94. The molecule has 5 nitrogen and oxygen atoms in total. The second-order valence-electron chi connectivity index (χ2n) is 6.37. The maximum Gasteiger partial charge on any atom is 0.261 e. The van der Waals surface area contributed by atoms with Crippen LogP contribution in [0.25, 0.3) is 0 Å². The van der Waals surface area contributed by atoms with Crippen molar-refractivity contribution in [3.8, 4) is 5.75 Å². The number of carbonyl (C=O) groups excluding carboxylic acids is 1. The maximum absolute atomic E-state index is 12.3. The number of aromatic nitrogens is 2. The Balaban J connectivity index is 1.32. The Bertz CT molecular complexity index is 652. The lowest BCUT2D eigenvalue weighted by molar-refractivity contribution is -0.127. The number of para-hydroxylation sites is 1. The minimum absolute atomic E-state index is 0.00638. The van der Waals surface area contributed by atoms with Crippen molar-refractivity contribution in [2.45, 2.75) is 31.9 Å². The first-order chi connectivity index (χ1) is 10.7. The van der Waals surface area contributed by atoms with Crippen molar-refractivity contribution in [3.05, 3.63) is 48.5 Å². The van der Waals surface area contributed by atoms with E-state index < -0.39 is 0 Å². The van der Waals surface area contributed by atoms with Crippen molar-refractivity contribution in [1.29, 1.82) is 0 Å². The van der Waals surface area contributed by atoms with E-state index >= 15 is 0 Å². The lowest BCUT2D eigenvalue weighted by Gasteiger charge is -2.18. The lowest BCUT2D eigenvalue weighted by atomic mass is 10.1. The van der Waals surface area contributed by atoms with Gasteiger partial charge >= 0.3 is 0 Å². The number of rotatable bonds is 5. The van der Waals surface area contributed by atoms with E-state index in [1.54, 1.807) is 6.20 Å². The summed E-state index contributed by atoms with van der Waals surface area (Å²) in [6.45, 7) is 1.62. The molecule has 0 spiro atoms. The fourth-order valence-corrected chi connectivity index (χ4v) is 3.05. The Morgan fingerprint density at radius 1 is 1.41 bits per heavy atom. The van der Waals surface area contributed by atoms with Gasteiger partial charge in [0.25, 0.3) is 5.91 Å². The molecule has 22 heavy (non-hydrogen) atoms.